The summed E-state index contributed by atoms with van der Waals surface area (Å²) in [5, 5.41) is 9.03. The third kappa shape index (κ3) is 10.5. The lowest BCUT2D eigenvalue weighted by molar-refractivity contribution is -0.116. The van der Waals surface area contributed by atoms with Crippen molar-refractivity contribution >= 4 is 86.8 Å². The molecular weight excluding hydrogens is 836 g/mol. The lowest BCUT2D eigenvalue weighted by Gasteiger charge is -2.27. The Morgan fingerprint density at radius 3 is 2.20 bits per heavy atom. The van der Waals surface area contributed by atoms with Gasteiger partial charge in [0.05, 0.1) is 12.2 Å². The van der Waals surface area contributed by atoms with E-state index < -0.39 is 23.0 Å². The van der Waals surface area contributed by atoms with Gasteiger partial charge in [0.25, 0.3) is 11.8 Å². The zero-order chi connectivity index (χ0) is 42.0. The molecule has 0 saturated heterocycles. The molecule has 1 aliphatic heterocycles. The molecule has 13 heteroatoms. The molecule has 6 aromatic rings. The fourth-order valence-corrected chi connectivity index (χ4v) is 9.61. The number of amides is 3. The summed E-state index contributed by atoms with van der Waals surface area (Å²) < 4.78 is 5.51. The number of nitrogens with zero attached hydrogens (tertiary/aromatic N) is 1. The van der Waals surface area contributed by atoms with Crippen molar-refractivity contribution in [3.8, 4) is 0 Å². The monoisotopic (exact) mass is 874 g/mol. The lowest BCUT2D eigenvalue weighted by Crippen LogP contribution is -2.30. The van der Waals surface area contributed by atoms with E-state index in [2.05, 4.69) is 33.0 Å². The third-order valence-corrected chi connectivity index (χ3v) is 12.6. The van der Waals surface area contributed by atoms with Crippen LogP contribution in [0.25, 0.3) is 6.08 Å². The molecule has 0 bridgehead atoms. The van der Waals surface area contributed by atoms with Crippen molar-refractivity contribution in [3.05, 3.63) is 187 Å². The van der Waals surface area contributed by atoms with Crippen LogP contribution in [0.5, 0.6) is 0 Å². The average Bonchev–Trinajstić information content (AvgIpc) is 3.61. The molecule has 304 valence electrons. The van der Waals surface area contributed by atoms with Gasteiger partial charge in [-0.25, -0.2) is 4.79 Å². The van der Waals surface area contributed by atoms with Gasteiger partial charge in [-0.3, -0.25) is 19.3 Å². The molecule has 1 atom stereocenters. The normalized spacial score (nSPS) is 13.2. The van der Waals surface area contributed by atoms with Crippen LogP contribution in [0.15, 0.2) is 144 Å². The molecule has 60 heavy (non-hydrogen) atoms. The molecule has 0 radical (unpaired) electrons. The van der Waals surface area contributed by atoms with Crippen molar-refractivity contribution in [3.63, 3.8) is 0 Å². The number of nitrogens with one attached hydrogen (secondary N) is 3. The molecule has 3 N–H and O–H groups in total. The van der Waals surface area contributed by atoms with E-state index in [9.17, 15) is 19.2 Å². The lowest BCUT2D eigenvalue weighted by atomic mass is 10.0. The predicted octanol–water partition coefficient (Wildman–Crippen LogP) is 10.7. The Bertz CT molecular complexity index is 2510. The Labute approximate surface area is 366 Å². The number of thioether (sulfide) groups is 1. The second kappa shape index (κ2) is 20.0. The molecule has 9 nitrogen and oxygen atoms in total. The summed E-state index contributed by atoms with van der Waals surface area (Å²) in [6, 6.07) is 40.2. The molecule has 0 spiro atoms. The third-order valence-electron chi connectivity index (χ3n) is 9.60. The van der Waals surface area contributed by atoms with Crippen LogP contribution in [0.2, 0.25) is 10.0 Å². The van der Waals surface area contributed by atoms with Crippen molar-refractivity contribution in [2.24, 2.45) is 0 Å². The number of ether oxygens (including phenoxy) is 1. The topological polar surface area (TPSA) is 117 Å². The number of carbonyl (C=O) groups is 4. The highest BCUT2D eigenvalue weighted by atomic mass is 35.5. The van der Waals surface area contributed by atoms with Crippen molar-refractivity contribution in [1.82, 2.24) is 10.2 Å². The number of hydrogen-bond donors (Lipinski definition) is 3. The molecule has 3 amide bonds. The molecule has 1 aromatic heterocycles. The number of esters is 1. The van der Waals surface area contributed by atoms with Crippen LogP contribution in [-0.4, -0.2) is 41.7 Å². The number of thiophene rings is 1. The first-order chi connectivity index (χ1) is 29.2. The molecule has 1 aliphatic rings. The minimum absolute atomic E-state index is 0.0855. The maximum Gasteiger partial charge on any atom is 0.341 e. The van der Waals surface area contributed by atoms with E-state index in [0.29, 0.717) is 55.3 Å². The minimum Gasteiger partial charge on any atom is -0.462 e. The van der Waals surface area contributed by atoms with E-state index in [1.807, 2.05) is 54.6 Å². The van der Waals surface area contributed by atoms with Crippen molar-refractivity contribution in [2.75, 3.05) is 23.8 Å². The number of rotatable bonds is 14. The Morgan fingerprint density at radius 1 is 0.833 bits per heavy atom. The number of halogens is 2. The molecule has 2 heterocycles. The molecule has 1 unspecified atom stereocenters. The Kier molecular flexibility index (Phi) is 14.2. The van der Waals surface area contributed by atoms with Crippen LogP contribution in [0.4, 0.5) is 10.7 Å². The zero-order valence-electron chi connectivity index (χ0n) is 32.5. The molecule has 0 fully saturated rings. The SMILES string of the molecule is CCOC(=O)c1c(NC(=O)C(Sc2cccc(NC(=O)/C(=C\c3c(Cl)cccc3Cl)NC(=O)c3ccccc3)c2)c2ccccc2)sc2c1CCN(Cc1ccccc1)C2. The van der Waals surface area contributed by atoms with Crippen LogP contribution < -0.4 is 16.0 Å². The first-order valence-corrected chi connectivity index (χ1v) is 21.7. The van der Waals surface area contributed by atoms with Crippen LogP contribution >= 0.6 is 46.3 Å². The fourth-order valence-electron chi connectivity index (χ4n) is 6.74. The fraction of sp³-hybridized carbons (Fsp3) is 0.149. The van der Waals surface area contributed by atoms with Crippen molar-refractivity contribution in [2.45, 2.75) is 36.6 Å². The van der Waals surface area contributed by atoms with Crippen LogP contribution in [0, 0.1) is 0 Å². The van der Waals surface area contributed by atoms with E-state index in [1.165, 1.54) is 34.7 Å². The summed E-state index contributed by atoms with van der Waals surface area (Å²) in [7, 11) is 0. The minimum atomic E-state index is -0.746. The number of carbonyl (C=O) groups excluding carboxylic acids is 4. The van der Waals surface area contributed by atoms with E-state index in [1.54, 1.807) is 73.7 Å². The zero-order valence-corrected chi connectivity index (χ0v) is 35.6. The van der Waals surface area contributed by atoms with Gasteiger partial charge in [-0.15, -0.1) is 23.1 Å². The van der Waals surface area contributed by atoms with Crippen LogP contribution in [0.1, 0.15) is 60.0 Å². The first-order valence-electron chi connectivity index (χ1n) is 19.2. The van der Waals surface area contributed by atoms with Gasteiger partial charge in [0.15, 0.2) is 0 Å². The molecule has 0 aliphatic carbocycles. The van der Waals surface area contributed by atoms with Gasteiger partial charge in [-0.05, 0) is 78.6 Å². The first kappa shape index (κ1) is 42.4. The smallest absolute Gasteiger partial charge is 0.341 e. The highest BCUT2D eigenvalue weighted by molar-refractivity contribution is 8.00. The summed E-state index contributed by atoms with van der Waals surface area (Å²) in [6.07, 6.45) is 2.08. The number of hydrogen-bond acceptors (Lipinski definition) is 8. The Balaban J connectivity index is 1.13. The van der Waals surface area contributed by atoms with Gasteiger partial charge in [0.1, 0.15) is 15.9 Å². The molecular formula is C47H40Cl2N4O5S2. The summed E-state index contributed by atoms with van der Waals surface area (Å²) >= 11 is 15.6. The highest BCUT2D eigenvalue weighted by Crippen LogP contribution is 2.41. The van der Waals surface area contributed by atoms with E-state index in [4.69, 9.17) is 27.9 Å². The number of anilines is 2. The van der Waals surface area contributed by atoms with Gasteiger partial charge in [0, 0.05) is 56.3 Å². The standard InChI is InChI=1S/C47H40Cl2N4O5S2/c1-2-58-47(57)41-35-24-25-53(28-30-14-6-3-7-15-30)29-40(35)60-46(41)52-45(56)42(31-16-8-4-9-17-31)59-34-21-12-20-33(26-34)50-44(55)39(27-36-37(48)22-13-23-38(36)49)51-43(54)32-18-10-5-11-19-32/h3-23,26-27,42H,2,24-25,28-29H2,1H3,(H,50,55)(H,51,54)(H,52,56)/b39-27+. The van der Waals surface area contributed by atoms with E-state index >= 15 is 0 Å². The van der Waals surface area contributed by atoms with Gasteiger partial charge >= 0.3 is 5.97 Å². The predicted molar refractivity (Wildman–Crippen MR) is 242 cm³/mol. The maximum atomic E-state index is 14.4. The van der Waals surface area contributed by atoms with Crippen LogP contribution in [-0.2, 0) is 33.8 Å². The number of fused-ring (bicyclic) bond motifs is 1. The van der Waals surface area contributed by atoms with Gasteiger partial charge in [-0.1, -0.05) is 114 Å². The largest absolute Gasteiger partial charge is 0.462 e. The Hall–Kier alpha value is -5.69. The maximum absolute atomic E-state index is 14.4. The van der Waals surface area contributed by atoms with Gasteiger partial charge < -0.3 is 20.7 Å². The second-order valence-electron chi connectivity index (χ2n) is 13.8. The van der Waals surface area contributed by atoms with Gasteiger partial charge in [0.2, 0.25) is 5.91 Å². The molecule has 7 rings (SSSR count). The van der Waals surface area contributed by atoms with Crippen LogP contribution in [0.3, 0.4) is 0 Å². The highest BCUT2D eigenvalue weighted by Gasteiger charge is 2.32. The van der Waals surface area contributed by atoms with Crippen molar-refractivity contribution in [1.29, 1.82) is 0 Å². The molecule has 0 saturated carbocycles. The number of benzene rings is 5. The summed E-state index contributed by atoms with van der Waals surface area (Å²) in [6.45, 7) is 4.15. The average molecular weight is 876 g/mol. The van der Waals surface area contributed by atoms with E-state index in [-0.39, 0.29) is 18.2 Å². The van der Waals surface area contributed by atoms with Crippen molar-refractivity contribution < 1.29 is 23.9 Å². The second-order valence-corrected chi connectivity index (χ2v) is 16.9. The summed E-state index contributed by atoms with van der Waals surface area (Å²) in [5.41, 5.74) is 4.32. The Morgan fingerprint density at radius 2 is 1.50 bits per heavy atom. The summed E-state index contributed by atoms with van der Waals surface area (Å²) in [5.74, 6) is -1.90. The summed E-state index contributed by atoms with van der Waals surface area (Å²) in [4.78, 5) is 59.1. The van der Waals surface area contributed by atoms with Gasteiger partial charge in [-0.2, -0.15) is 0 Å². The molecule has 5 aromatic carbocycles. The quantitative estimate of drug-likeness (QED) is 0.0567. The van der Waals surface area contributed by atoms with E-state index in [0.717, 1.165) is 29.1 Å².